The van der Waals surface area contributed by atoms with Gasteiger partial charge in [0.05, 0.1) is 5.69 Å². The number of aromatic nitrogens is 1. The molecule has 20 heavy (non-hydrogen) atoms. The number of halogens is 2. The van der Waals surface area contributed by atoms with Crippen molar-refractivity contribution in [1.29, 1.82) is 0 Å². The van der Waals surface area contributed by atoms with Crippen molar-refractivity contribution in [3.8, 4) is 5.75 Å². The fourth-order valence-corrected chi connectivity index (χ4v) is 3.22. The number of H-pyrrole nitrogens is 1. The molecule has 1 aromatic heterocycles. The number of fused-ring (bicyclic) bond motifs is 1. The summed E-state index contributed by atoms with van der Waals surface area (Å²) in [4.78, 5) is 3.12. The van der Waals surface area contributed by atoms with Crippen LogP contribution < -0.4 is 10.5 Å². The zero-order valence-corrected chi connectivity index (χ0v) is 13.6. The smallest absolute Gasteiger partial charge is 0.121 e. The number of nitrogens with one attached hydrogen (secondary N) is 1. The highest BCUT2D eigenvalue weighted by Crippen LogP contribution is 2.30. The van der Waals surface area contributed by atoms with E-state index >= 15 is 0 Å². The second-order valence-corrected chi connectivity index (χ2v) is 6.11. The number of anilines is 1. The van der Waals surface area contributed by atoms with Gasteiger partial charge in [0.1, 0.15) is 12.4 Å². The molecule has 3 rings (SSSR count). The third-order valence-corrected chi connectivity index (χ3v) is 4.30. The first-order valence-electron chi connectivity index (χ1n) is 5.98. The molecule has 3 nitrogen and oxygen atoms in total. The molecule has 3 N–H and O–H groups in total. The predicted octanol–water partition coefficient (Wildman–Crippen LogP) is 4.65. The minimum atomic E-state index is 0.480. The Morgan fingerprint density at radius 1 is 1.15 bits per heavy atom. The first kappa shape index (κ1) is 13.5. The molecule has 0 aliphatic carbocycles. The highest BCUT2D eigenvalue weighted by Gasteiger charge is 2.05. The van der Waals surface area contributed by atoms with E-state index in [0.717, 1.165) is 31.2 Å². The molecule has 3 aromatic rings. The number of aromatic amines is 1. The Balaban J connectivity index is 1.78. The molecular formula is C15H11Br2N2O. The van der Waals surface area contributed by atoms with Crippen molar-refractivity contribution in [2.45, 2.75) is 6.61 Å². The van der Waals surface area contributed by atoms with Crippen LogP contribution >= 0.6 is 31.9 Å². The molecular weight excluding hydrogens is 384 g/mol. The van der Waals surface area contributed by atoms with Gasteiger partial charge in [-0.1, -0.05) is 0 Å². The lowest BCUT2D eigenvalue weighted by atomic mass is 10.2. The fourth-order valence-electron chi connectivity index (χ4n) is 1.94. The zero-order valence-electron chi connectivity index (χ0n) is 10.4. The van der Waals surface area contributed by atoms with Crippen molar-refractivity contribution in [2.75, 3.05) is 5.73 Å². The second kappa shape index (κ2) is 5.50. The summed E-state index contributed by atoms with van der Waals surface area (Å²) in [5, 5.41) is 1.05. The molecule has 101 valence electrons. The van der Waals surface area contributed by atoms with Crippen LogP contribution in [0.25, 0.3) is 10.9 Å². The zero-order chi connectivity index (χ0) is 14.1. The Hall–Kier alpha value is -1.46. The van der Waals surface area contributed by atoms with E-state index in [1.54, 1.807) is 6.20 Å². The number of rotatable bonds is 3. The van der Waals surface area contributed by atoms with Gasteiger partial charge >= 0.3 is 0 Å². The van der Waals surface area contributed by atoms with Crippen molar-refractivity contribution >= 4 is 48.5 Å². The van der Waals surface area contributed by atoms with Gasteiger partial charge in [-0.15, -0.1) is 0 Å². The van der Waals surface area contributed by atoms with Crippen LogP contribution in [0.2, 0.25) is 0 Å². The van der Waals surface area contributed by atoms with Crippen LogP contribution in [-0.2, 0) is 6.61 Å². The van der Waals surface area contributed by atoms with E-state index in [1.807, 2.05) is 30.3 Å². The third-order valence-electron chi connectivity index (χ3n) is 2.99. The maximum absolute atomic E-state index is 5.87. The summed E-state index contributed by atoms with van der Waals surface area (Å²) in [6.07, 6.45) is 1.79. The van der Waals surface area contributed by atoms with E-state index in [2.05, 4.69) is 42.9 Å². The van der Waals surface area contributed by atoms with Gasteiger partial charge in [-0.05, 0) is 61.7 Å². The van der Waals surface area contributed by atoms with Gasteiger partial charge in [0, 0.05) is 38.2 Å². The van der Waals surface area contributed by atoms with Crippen molar-refractivity contribution < 1.29 is 4.74 Å². The molecule has 5 heteroatoms. The Kier molecular flexibility index (Phi) is 3.72. The number of ether oxygens (including phenoxy) is 1. The summed E-state index contributed by atoms with van der Waals surface area (Å²) in [5.41, 5.74) is 8.61. The van der Waals surface area contributed by atoms with E-state index in [4.69, 9.17) is 10.5 Å². The Morgan fingerprint density at radius 3 is 2.65 bits per heavy atom. The SMILES string of the molecule is Nc1c(Br)cc(COc2ccc3[c]c[nH]c3c2)cc1Br. The molecule has 2 aromatic carbocycles. The second-order valence-electron chi connectivity index (χ2n) is 4.40. The minimum absolute atomic E-state index is 0.480. The molecule has 0 saturated carbocycles. The summed E-state index contributed by atoms with van der Waals surface area (Å²) < 4.78 is 7.53. The predicted molar refractivity (Wildman–Crippen MR) is 87.7 cm³/mol. The van der Waals surface area contributed by atoms with E-state index in [0.29, 0.717) is 12.3 Å². The number of hydrogen-bond acceptors (Lipinski definition) is 2. The lowest BCUT2D eigenvalue weighted by Crippen LogP contribution is -1.97. The number of nitrogen functional groups attached to an aromatic ring is 1. The molecule has 0 bridgehead atoms. The first-order chi connectivity index (χ1) is 9.63. The van der Waals surface area contributed by atoms with Gasteiger partial charge in [-0.3, -0.25) is 0 Å². The topological polar surface area (TPSA) is 51.0 Å². The average Bonchev–Trinajstić information content (AvgIpc) is 2.89. The molecule has 0 amide bonds. The number of nitrogens with two attached hydrogens (primary N) is 1. The normalized spacial score (nSPS) is 10.9. The molecule has 0 aliphatic heterocycles. The highest BCUT2D eigenvalue weighted by molar-refractivity contribution is 9.11. The molecule has 0 saturated heterocycles. The molecule has 0 atom stereocenters. The Morgan fingerprint density at radius 2 is 1.90 bits per heavy atom. The van der Waals surface area contributed by atoms with E-state index in [9.17, 15) is 0 Å². The minimum Gasteiger partial charge on any atom is -0.489 e. The largest absolute Gasteiger partial charge is 0.489 e. The summed E-state index contributed by atoms with van der Waals surface area (Å²) in [6, 6.07) is 12.9. The van der Waals surface area contributed by atoms with Crippen LogP contribution in [-0.4, -0.2) is 4.98 Å². The van der Waals surface area contributed by atoms with Crippen LogP contribution in [0.15, 0.2) is 45.5 Å². The molecule has 0 aliphatic rings. The average molecular weight is 395 g/mol. The van der Waals surface area contributed by atoms with Crippen molar-refractivity contribution in [3.63, 3.8) is 0 Å². The third kappa shape index (κ3) is 2.69. The van der Waals surface area contributed by atoms with Crippen molar-refractivity contribution in [3.05, 3.63) is 57.1 Å². The summed E-state index contributed by atoms with van der Waals surface area (Å²) in [7, 11) is 0. The standard InChI is InChI=1S/C15H11Br2N2O/c16-12-5-9(6-13(17)15(12)18)8-20-11-2-1-10-3-4-19-14(10)7-11/h1-2,4-7,19H,8,18H2. The van der Waals surface area contributed by atoms with Crippen molar-refractivity contribution in [1.82, 2.24) is 4.98 Å². The van der Waals surface area contributed by atoms with Gasteiger partial charge in [0.25, 0.3) is 0 Å². The molecule has 0 fully saturated rings. The van der Waals surface area contributed by atoms with Gasteiger partial charge in [-0.2, -0.15) is 0 Å². The van der Waals surface area contributed by atoms with Gasteiger partial charge in [-0.25, -0.2) is 0 Å². The monoisotopic (exact) mass is 393 g/mol. The van der Waals surface area contributed by atoms with Crippen LogP contribution in [0.3, 0.4) is 0 Å². The summed E-state index contributed by atoms with van der Waals surface area (Å²) in [5.74, 6) is 0.817. The quantitative estimate of drug-likeness (QED) is 0.635. The lowest BCUT2D eigenvalue weighted by molar-refractivity contribution is 0.306. The maximum Gasteiger partial charge on any atom is 0.121 e. The van der Waals surface area contributed by atoms with Crippen LogP contribution in [0.1, 0.15) is 5.56 Å². The fraction of sp³-hybridized carbons (Fsp3) is 0.0667. The molecule has 0 spiro atoms. The Bertz CT molecular complexity index is 744. The first-order valence-corrected chi connectivity index (χ1v) is 7.57. The van der Waals surface area contributed by atoms with E-state index < -0.39 is 0 Å². The molecule has 1 radical (unpaired) electrons. The summed E-state index contributed by atoms with van der Waals surface area (Å²) in [6.45, 7) is 0.480. The maximum atomic E-state index is 5.87. The highest BCUT2D eigenvalue weighted by atomic mass is 79.9. The molecule has 0 unspecified atom stereocenters. The Labute approximate surface area is 133 Å². The van der Waals surface area contributed by atoms with Gasteiger partial charge < -0.3 is 15.5 Å². The van der Waals surface area contributed by atoms with Crippen molar-refractivity contribution in [2.24, 2.45) is 0 Å². The lowest BCUT2D eigenvalue weighted by Gasteiger charge is -2.09. The van der Waals surface area contributed by atoms with Gasteiger partial charge in [0.2, 0.25) is 0 Å². The van der Waals surface area contributed by atoms with Crippen LogP contribution in [0.5, 0.6) is 5.75 Å². The van der Waals surface area contributed by atoms with Crippen LogP contribution in [0.4, 0.5) is 5.69 Å². The molecule has 1 heterocycles. The number of hydrogen-bond donors (Lipinski definition) is 2. The summed E-state index contributed by atoms with van der Waals surface area (Å²) >= 11 is 6.86. The van der Waals surface area contributed by atoms with Crippen LogP contribution in [0, 0.1) is 6.07 Å². The van der Waals surface area contributed by atoms with E-state index in [-0.39, 0.29) is 0 Å². The van der Waals surface area contributed by atoms with Gasteiger partial charge in [0.15, 0.2) is 0 Å². The van der Waals surface area contributed by atoms with E-state index in [1.165, 1.54) is 0 Å². The number of benzene rings is 2.